The fourth-order valence-corrected chi connectivity index (χ4v) is 16.0. The van der Waals surface area contributed by atoms with E-state index in [1.165, 1.54) is 97.8 Å². The fraction of sp³-hybridized carbons (Fsp3) is 0.180. The van der Waals surface area contributed by atoms with Gasteiger partial charge in [0.25, 0.3) is 0 Å². The van der Waals surface area contributed by atoms with Crippen molar-refractivity contribution >= 4 is 31.0 Å². The van der Waals surface area contributed by atoms with Gasteiger partial charge < -0.3 is 0 Å². The van der Waals surface area contributed by atoms with Crippen LogP contribution in [-0.4, -0.2) is 15.0 Å². The molecule has 6 heteroatoms. The molecule has 2 spiro atoms. The number of nitrogens with zero attached hydrogens (tertiary/aromatic N) is 4. The molecule has 0 N–H and O–H groups in total. The predicted octanol–water partition coefficient (Wildman–Crippen LogP) is 13.5. The molecule has 4 aliphatic heterocycles. The summed E-state index contributed by atoms with van der Waals surface area (Å²) in [6.07, 6.45) is 0. The van der Waals surface area contributed by atoms with E-state index in [2.05, 4.69) is 243 Å². The molecule has 0 atom stereocenters. The Balaban J connectivity index is 1.20. The van der Waals surface area contributed by atoms with Gasteiger partial charge in [0.15, 0.2) is 0 Å². The topological polar surface area (TPSA) is 22.2 Å². The molecule has 4 heterocycles. The molecular weight excluding hydrogens is 1000 g/mol. The molecule has 8 aromatic carbocycles. The Morgan fingerprint density at radius 1 is 0.433 bits per heavy atom. The molecule has 0 amide bonds. The molecule has 8 aromatic rings. The molecule has 6 aliphatic rings. The summed E-state index contributed by atoms with van der Waals surface area (Å²) in [4.78, 5) is 11.0. The Morgan fingerprint density at radius 2 is 0.925 bits per heavy atom. The van der Waals surface area contributed by atoms with Crippen molar-refractivity contribution in [2.45, 2.75) is 63.5 Å². The average molecular weight is 1050 g/mol. The van der Waals surface area contributed by atoms with Crippen molar-refractivity contribution in [1.82, 2.24) is 0 Å². The van der Waals surface area contributed by atoms with Gasteiger partial charge in [0, 0.05) is 0 Å². The third kappa shape index (κ3) is 5.03. The number of rotatable bonds is 0. The molecule has 0 fully saturated rings. The van der Waals surface area contributed by atoms with Crippen LogP contribution >= 0.6 is 0 Å². The number of hydrogen-bond acceptors (Lipinski definition) is 5. The Morgan fingerprint density at radius 3 is 1.48 bits per heavy atom. The van der Waals surface area contributed by atoms with Crippen LogP contribution in [0.25, 0.3) is 22.3 Å². The molecule has 2 aliphatic carbocycles. The normalized spacial score (nSPS) is 17.3. The predicted molar refractivity (Wildman–Crippen MR) is 272 cm³/mol. The monoisotopic (exact) mass is 1050 g/mol. The van der Waals surface area contributed by atoms with E-state index in [-0.39, 0.29) is 10.8 Å². The number of anilines is 4. The van der Waals surface area contributed by atoms with Crippen LogP contribution in [0.15, 0.2) is 182 Å². The van der Waals surface area contributed by atoms with Crippen molar-refractivity contribution in [3.63, 3.8) is 0 Å². The Kier molecular flexibility index (Phi) is 7.89. The van der Waals surface area contributed by atoms with Gasteiger partial charge in [0.05, 0.1) is 0 Å². The van der Waals surface area contributed by atoms with Gasteiger partial charge in [0.2, 0.25) is 0 Å². The summed E-state index contributed by atoms with van der Waals surface area (Å²) >= 11 is -0.964. The number of ether oxygens (including phenoxy) is 1. The van der Waals surface area contributed by atoms with Crippen molar-refractivity contribution in [2.24, 2.45) is 0 Å². The first-order valence-corrected chi connectivity index (χ1v) is 25.8. The first kappa shape index (κ1) is 39.4. The van der Waals surface area contributed by atoms with Crippen molar-refractivity contribution in [3.05, 3.63) is 226 Å². The van der Waals surface area contributed by atoms with Crippen LogP contribution < -0.4 is 24.3 Å². The summed E-state index contributed by atoms with van der Waals surface area (Å²) in [6, 6.07) is 69.4. The maximum absolute atomic E-state index is 7.50. The molecule has 67 heavy (non-hydrogen) atoms. The minimum atomic E-state index is -0.964. The van der Waals surface area contributed by atoms with Crippen molar-refractivity contribution in [3.8, 4) is 33.8 Å². The van der Waals surface area contributed by atoms with E-state index in [0.29, 0.717) is 6.67 Å². The second kappa shape index (κ2) is 13.4. The van der Waals surface area contributed by atoms with E-state index < -0.39 is 28.7 Å². The molecular formula is C61H50N4OPt. The second-order valence-electron chi connectivity index (χ2n) is 20.9. The van der Waals surface area contributed by atoms with Gasteiger partial charge in [-0.3, -0.25) is 0 Å². The second-order valence-corrected chi connectivity index (χ2v) is 23.5. The van der Waals surface area contributed by atoms with Crippen molar-refractivity contribution in [1.29, 1.82) is 0 Å². The first-order chi connectivity index (χ1) is 32.5. The zero-order valence-corrected chi connectivity index (χ0v) is 40.8. The summed E-state index contributed by atoms with van der Waals surface area (Å²) in [5, 5.41) is 0. The molecule has 0 unspecified atom stereocenters. The molecule has 0 radical (unpaired) electrons. The molecule has 6 bridgehead atoms. The van der Waals surface area contributed by atoms with E-state index in [1.54, 1.807) is 0 Å². The van der Waals surface area contributed by atoms with Gasteiger partial charge in [-0.25, -0.2) is 0 Å². The Hall–Kier alpha value is -6.81. The average Bonchev–Trinajstić information content (AvgIpc) is 4.02. The molecule has 0 aromatic heterocycles. The third-order valence-electron chi connectivity index (χ3n) is 15.2. The molecule has 5 nitrogen and oxygen atoms in total. The quantitative estimate of drug-likeness (QED) is 0.151. The van der Waals surface area contributed by atoms with Crippen LogP contribution in [0, 0.1) is 0 Å². The standard InChI is InChI=1S/C61H50N4O.Pt/c1-58(2,3)40-31-33-55-56(35-40)63-37-62-38-64(54-29-16-15-28-53(54)62)61(50-26-13-9-22-46(50)47-23-10-14-27-51(47)61)42-30-32-52(59(4,5)6)57(36-42)66-43-19-17-18-41(34-43)60(65(55)39-63)48-24-11-7-20-44(48)45-21-8-12-25-49(45)60;/h7-36H,37H2,1-6H3;. The van der Waals surface area contributed by atoms with Crippen LogP contribution in [0.1, 0.15) is 86.1 Å². The van der Waals surface area contributed by atoms with Crippen LogP contribution in [0.2, 0.25) is 0 Å². The first-order valence-electron chi connectivity index (χ1n) is 23.5. The zero-order chi connectivity index (χ0) is 45.2. The van der Waals surface area contributed by atoms with Gasteiger partial charge in [-0.2, -0.15) is 0 Å². The molecule has 0 saturated heterocycles. The van der Waals surface area contributed by atoms with Crippen LogP contribution in [-0.2, 0) is 39.5 Å². The van der Waals surface area contributed by atoms with E-state index in [0.717, 1.165) is 11.5 Å². The summed E-state index contributed by atoms with van der Waals surface area (Å²) in [5.74, 6) is 1.71. The zero-order valence-electron chi connectivity index (χ0n) is 38.5. The minimum absolute atomic E-state index is 0.0394. The number of fused-ring (bicyclic) bond motifs is 24. The van der Waals surface area contributed by atoms with Crippen LogP contribution in [0.3, 0.4) is 0 Å². The third-order valence-corrected chi connectivity index (χ3v) is 18.4. The van der Waals surface area contributed by atoms with E-state index in [1.807, 2.05) is 0 Å². The van der Waals surface area contributed by atoms with Gasteiger partial charge >= 0.3 is 403 Å². The maximum atomic E-state index is 7.50. The summed E-state index contributed by atoms with van der Waals surface area (Å²) in [7, 11) is 0. The van der Waals surface area contributed by atoms with E-state index in [9.17, 15) is 0 Å². The number of hydrogen-bond donors (Lipinski definition) is 0. The van der Waals surface area contributed by atoms with E-state index in [4.69, 9.17) is 4.74 Å². The van der Waals surface area contributed by atoms with Crippen LogP contribution in [0.5, 0.6) is 11.5 Å². The molecule has 330 valence electrons. The number of benzene rings is 8. The SMILES string of the molecule is CC(C)(C)c1ccc2c(c1)N1CN3[C]4=[Pt]=[C]1N2C1(c2cccc(c2)Oc2cc(ccc2C(C)(C)C)C2(c5ccccc5-c5ccccc52)N4c2ccccc23)c2ccccc2-c2ccccc21. The van der Waals surface area contributed by atoms with Gasteiger partial charge in [0.1, 0.15) is 0 Å². The summed E-state index contributed by atoms with van der Waals surface area (Å²) < 4.78 is 10.2. The molecule has 0 saturated carbocycles. The Labute approximate surface area is 401 Å². The van der Waals surface area contributed by atoms with E-state index >= 15 is 0 Å². The fourth-order valence-electron chi connectivity index (χ4n) is 12.3. The Bertz CT molecular complexity index is 3460. The van der Waals surface area contributed by atoms with Gasteiger partial charge in [-0.15, -0.1) is 0 Å². The summed E-state index contributed by atoms with van der Waals surface area (Å²) in [5.41, 5.74) is 18.4. The van der Waals surface area contributed by atoms with Gasteiger partial charge in [-0.1, -0.05) is 0 Å². The number of para-hydroxylation sites is 2. The van der Waals surface area contributed by atoms with Crippen molar-refractivity contribution < 1.29 is 22.4 Å². The molecule has 14 rings (SSSR count). The van der Waals surface area contributed by atoms with Gasteiger partial charge in [-0.05, 0) is 0 Å². The van der Waals surface area contributed by atoms with Crippen LogP contribution in [0.4, 0.5) is 22.7 Å². The summed E-state index contributed by atoms with van der Waals surface area (Å²) in [6.45, 7) is 14.6. The van der Waals surface area contributed by atoms with Crippen molar-refractivity contribution in [2.75, 3.05) is 26.3 Å².